The van der Waals surface area contributed by atoms with Crippen molar-refractivity contribution in [2.24, 2.45) is 5.73 Å². The summed E-state index contributed by atoms with van der Waals surface area (Å²) in [7, 11) is 0. The average molecular weight is 246 g/mol. The summed E-state index contributed by atoms with van der Waals surface area (Å²) in [6, 6.07) is 6.72. The molecular formula is C14H18N2S. The van der Waals surface area contributed by atoms with Gasteiger partial charge in [-0.25, -0.2) is 4.98 Å². The van der Waals surface area contributed by atoms with Gasteiger partial charge < -0.3 is 5.73 Å². The molecule has 0 aliphatic rings. The van der Waals surface area contributed by atoms with E-state index in [0.29, 0.717) is 0 Å². The van der Waals surface area contributed by atoms with Gasteiger partial charge in [0.15, 0.2) is 0 Å². The van der Waals surface area contributed by atoms with Crippen molar-refractivity contribution in [3.63, 3.8) is 0 Å². The maximum atomic E-state index is 5.84. The molecule has 0 aliphatic carbocycles. The minimum Gasteiger partial charge on any atom is -0.323 e. The first-order valence-corrected chi connectivity index (χ1v) is 6.63. The normalized spacial score (nSPS) is 12.7. The van der Waals surface area contributed by atoms with Gasteiger partial charge in [0.1, 0.15) is 0 Å². The van der Waals surface area contributed by atoms with Crippen LogP contribution < -0.4 is 5.73 Å². The largest absolute Gasteiger partial charge is 0.323 e. The Morgan fingerprint density at radius 2 is 1.88 bits per heavy atom. The Morgan fingerprint density at radius 3 is 2.41 bits per heavy atom. The summed E-state index contributed by atoms with van der Waals surface area (Å²) in [6.45, 7) is 6.26. The lowest BCUT2D eigenvalue weighted by molar-refractivity contribution is 0.835. The zero-order chi connectivity index (χ0) is 12.4. The third-order valence-corrected chi connectivity index (χ3v) is 3.86. The van der Waals surface area contributed by atoms with Gasteiger partial charge in [0, 0.05) is 23.5 Å². The second-order valence-corrected chi connectivity index (χ2v) is 5.76. The third kappa shape index (κ3) is 3.14. The van der Waals surface area contributed by atoms with Crippen LogP contribution in [0.5, 0.6) is 0 Å². The average Bonchev–Trinajstić information content (AvgIpc) is 2.64. The van der Waals surface area contributed by atoms with Crippen LogP contribution >= 0.6 is 11.3 Å². The van der Waals surface area contributed by atoms with Crippen LogP contribution in [0.2, 0.25) is 0 Å². The Bertz CT molecular complexity index is 494. The van der Waals surface area contributed by atoms with E-state index in [-0.39, 0.29) is 6.04 Å². The van der Waals surface area contributed by atoms with Gasteiger partial charge in [-0.3, -0.25) is 0 Å². The van der Waals surface area contributed by atoms with Crippen molar-refractivity contribution < 1.29 is 0 Å². The van der Waals surface area contributed by atoms with E-state index in [1.807, 2.05) is 13.1 Å². The number of nitrogens with two attached hydrogens (primary N) is 1. The number of hydrogen-bond donors (Lipinski definition) is 1. The fourth-order valence-electron chi connectivity index (χ4n) is 1.96. The van der Waals surface area contributed by atoms with E-state index >= 15 is 0 Å². The molecule has 1 aromatic heterocycles. The lowest BCUT2D eigenvalue weighted by atomic mass is 10.1. The molecule has 1 aromatic carbocycles. The van der Waals surface area contributed by atoms with Crippen molar-refractivity contribution in [1.29, 1.82) is 0 Å². The van der Waals surface area contributed by atoms with Crippen molar-refractivity contribution in [2.75, 3.05) is 0 Å². The second-order valence-electron chi connectivity index (χ2n) is 4.62. The quantitative estimate of drug-likeness (QED) is 0.901. The van der Waals surface area contributed by atoms with Gasteiger partial charge in [-0.2, -0.15) is 0 Å². The van der Waals surface area contributed by atoms with Gasteiger partial charge in [0.2, 0.25) is 0 Å². The van der Waals surface area contributed by atoms with E-state index in [1.54, 1.807) is 11.3 Å². The van der Waals surface area contributed by atoms with E-state index in [9.17, 15) is 0 Å². The molecule has 0 bridgehead atoms. The zero-order valence-electron chi connectivity index (χ0n) is 10.5. The molecule has 2 N–H and O–H groups in total. The molecule has 2 rings (SSSR count). The van der Waals surface area contributed by atoms with E-state index in [4.69, 9.17) is 5.73 Å². The molecule has 2 nitrogen and oxygen atoms in total. The van der Waals surface area contributed by atoms with Crippen molar-refractivity contribution >= 4 is 11.3 Å². The van der Waals surface area contributed by atoms with Gasteiger partial charge in [-0.1, -0.05) is 29.3 Å². The van der Waals surface area contributed by atoms with Crippen LogP contribution in [0.3, 0.4) is 0 Å². The van der Waals surface area contributed by atoms with Crippen LogP contribution in [0.1, 0.15) is 39.5 Å². The molecule has 0 fully saturated rings. The highest BCUT2D eigenvalue weighted by molar-refractivity contribution is 7.11. The fraction of sp³-hybridized carbons (Fsp3) is 0.357. The Kier molecular flexibility index (Phi) is 3.60. The van der Waals surface area contributed by atoms with E-state index < -0.39 is 0 Å². The lowest BCUT2D eigenvalue weighted by Crippen LogP contribution is -2.01. The summed E-state index contributed by atoms with van der Waals surface area (Å²) in [5.41, 5.74) is 9.78. The number of thiazole rings is 1. The first kappa shape index (κ1) is 12.3. The summed E-state index contributed by atoms with van der Waals surface area (Å²) >= 11 is 1.71. The Morgan fingerprint density at radius 1 is 1.24 bits per heavy atom. The Balaban J connectivity index is 2.19. The van der Waals surface area contributed by atoms with Crippen molar-refractivity contribution in [3.05, 3.63) is 51.0 Å². The summed E-state index contributed by atoms with van der Waals surface area (Å²) in [5, 5.41) is 1.14. The predicted molar refractivity (Wildman–Crippen MR) is 73.4 cm³/mol. The Hall–Kier alpha value is -1.19. The monoisotopic (exact) mass is 246 g/mol. The molecule has 2 aromatic rings. The van der Waals surface area contributed by atoms with Crippen LogP contribution in [0.25, 0.3) is 0 Å². The molecular weight excluding hydrogens is 228 g/mol. The number of benzene rings is 1. The number of rotatable bonds is 3. The smallest absolute Gasteiger partial charge is 0.0972 e. The van der Waals surface area contributed by atoms with E-state index in [2.05, 4.69) is 37.0 Å². The highest BCUT2D eigenvalue weighted by atomic mass is 32.1. The molecule has 0 radical (unpaired) electrons. The van der Waals surface area contributed by atoms with Crippen LogP contribution in [0.4, 0.5) is 0 Å². The summed E-state index contributed by atoms with van der Waals surface area (Å²) in [5.74, 6) is 0. The number of hydrogen-bond acceptors (Lipinski definition) is 3. The summed E-state index contributed by atoms with van der Waals surface area (Å²) in [4.78, 5) is 5.59. The van der Waals surface area contributed by atoms with Gasteiger partial charge >= 0.3 is 0 Å². The van der Waals surface area contributed by atoms with Crippen molar-refractivity contribution in [1.82, 2.24) is 4.98 Å². The van der Waals surface area contributed by atoms with E-state index in [0.717, 1.165) is 16.3 Å². The molecule has 0 saturated heterocycles. The molecule has 3 heteroatoms. The standard InChI is InChI=1S/C14H18N2S/c1-9-4-10(2)6-12(5-9)7-14-16-8-13(17-14)11(3)15/h4-6,8,11H,7,15H2,1-3H3. The summed E-state index contributed by atoms with van der Waals surface area (Å²) in [6.07, 6.45) is 2.80. The minimum absolute atomic E-state index is 0.0838. The van der Waals surface area contributed by atoms with Crippen molar-refractivity contribution in [2.45, 2.75) is 33.2 Å². The molecule has 0 saturated carbocycles. The first-order valence-electron chi connectivity index (χ1n) is 5.82. The third-order valence-electron chi connectivity index (χ3n) is 2.66. The van der Waals surface area contributed by atoms with Crippen LogP contribution in [0, 0.1) is 13.8 Å². The maximum Gasteiger partial charge on any atom is 0.0972 e. The molecule has 90 valence electrons. The highest BCUT2D eigenvalue weighted by Crippen LogP contribution is 2.21. The molecule has 0 spiro atoms. The fourth-order valence-corrected chi connectivity index (χ4v) is 2.87. The molecule has 1 atom stereocenters. The van der Waals surface area contributed by atoms with Crippen LogP contribution in [-0.4, -0.2) is 4.98 Å². The van der Waals surface area contributed by atoms with E-state index in [1.165, 1.54) is 16.7 Å². The zero-order valence-corrected chi connectivity index (χ0v) is 11.3. The molecule has 1 unspecified atom stereocenters. The molecule has 17 heavy (non-hydrogen) atoms. The lowest BCUT2D eigenvalue weighted by Gasteiger charge is -2.03. The molecule has 0 amide bonds. The van der Waals surface area contributed by atoms with Gasteiger partial charge in [-0.05, 0) is 26.3 Å². The number of aryl methyl sites for hydroxylation is 2. The molecule has 1 heterocycles. The number of nitrogens with zero attached hydrogens (tertiary/aromatic N) is 1. The maximum absolute atomic E-state index is 5.84. The Labute approximate surface area is 107 Å². The highest BCUT2D eigenvalue weighted by Gasteiger charge is 2.06. The van der Waals surface area contributed by atoms with Crippen molar-refractivity contribution in [3.8, 4) is 0 Å². The minimum atomic E-state index is 0.0838. The van der Waals surface area contributed by atoms with Gasteiger partial charge in [-0.15, -0.1) is 11.3 Å². The second kappa shape index (κ2) is 4.98. The van der Waals surface area contributed by atoms with Gasteiger partial charge in [0.25, 0.3) is 0 Å². The predicted octanol–water partition coefficient (Wildman–Crippen LogP) is 3.37. The summed E-state index contributed by atoms with van der Waals surface area (Å²) < 4.78 is 0. The van der Waals surface area contributed by atoms with Crippen LogP contribution in [-0.2, 0) is 6.42 Å². The topological polar surface area (TPSA) is 38.9 Å². The SMILES string of the molecule is Cc1cc(C)cc(Cc2ncc(C(C)N)s2)c1. The molecule has 0 aliphatic heterocycles. The van der Waals surface area contributed by atoms with Gasteiger partial charge in [0.05, 0.1) is 5.01 Å². The first-order chi connectivity index (χ1) is 8.04. The number of aromatic nitrogens is 1. The van der Waals surface area contributed by atoms with Crippen LogP contribution in [0.15, 0.2) is 24.4 Å².